The first kappa shape index (κ1) is 15.8. The summed E-state index contributed by atoms with van der Waals surface area (Å²) in [5, 5.41) is 2.76. The van der Waals surface area contributed by atoms with E-state index >= 15 is 0 Å². The van der Waals surface area contributed by atoms with Crippen LogP contribution in [-0.2, 0) is 0 Å². The highest BCUT2D eigenvalue weighted by Crippen LogP contribution is 2.28. The Bertz CT molecular complexity index is 1090. The number of nitrogens with two attached hydrogens (primary N) is 1. The van der Waals surface area contributed by atoms with E-state index in [1.54, 1.807) is 36.7 Å². The molecule has 3 heterocycles. The molecule has 0 radical (unpaired) electrons. The van der Waals surface area contributed by atoms with Gasteiger partial charge in [0, 0.05) is 29.7 Å². The maximum absolute atomic E-state index is 12.3. The summed E-state index contributed by atoms with van der Waals surface area (Å²) in [6.45, 7) is 1.91. The molecule has 1 amide bonds. The Balaban J connectivity index is 1.66. The van der Waals surface area contributed by atoms with Gasteiger partial charge in [-0.25, -0.2) is 15.0 Å². The number of nitrogens with one attached hydrogen (secondary N) is 1. The molecule has 7 heteroatoms. The minimum atomic E-state index is -0.220. The minimum Gasteiger partial charge on any atom is -0.382 e. The fraction of sp³-hybridized carbons (Fsp3) is 0.0526. The largest absolute Gasteiger partial charge is 0.382 e. The highest BCUT2D eigenvalue weighted by Gasteiger charge is 2.14. The van der Waals surface area contributed by atoms with Crippen LogP contribution in [0.4, 0.5) is 11.6 Å². The third kappa shape index (κ3) is 2.75. The van der Waals surface area contributed by atoms with Crippen molar-refractivity contribution in [3.63, 3.8) is 0 Å². The summed E-state index contributed by atoms with van der Waals surface area (Å²) in [7, 11) is 0. The quantitative estimate of drug-likeness (QED) is 0.595. The summed E-state index contributed by atoms with van der Waals surface area (Å²) in [4.78, 5) is 25.2. The first-order valence-electron chi connectivity index (χ1n) is 8.05. The zero-order valence-electron chi connectivity index (χ0n) is 14.0. The Kier molecular flexibility index (Phi) is 3.81. The second-order valence-electron chi connectivity index (χ2n) is 5.79. The van der Waals surface area contributed by atoms with Crippen molar-refractivity contribution < 1.29 is 4.79 Å². The van der Waals surface area contributed by atoms with Crippen LogP contribution in [0.1, 0.15) is 16.2 Å². The lowest BCUT2D eigenvalue weighted by Gasteiger charge is -2.05. The van der Waals surface area contributed by atoms with Crippen molar-refractivity contribution in [3.8, 4) is 11.3 Å². The number of fused-ring (bicyclic) bond motifs is 1. The Morgan fingerprint density at radius 1 is 1.08 bits per heavy atom. The zero-order valence-corrected chi connectivity index (χ0v) is 14.0. The van der Waals surface area contributed by atoms with E-state index in [1.807, 2.05) is 35.7 Å². The third-order valence-electron chi connectivity index (χ3n) is 4.09. The molecule has 128 valence electrons. The van der Waals surface area contributed by atoms with E-state index < -0.39 is 0 Å². The number of benzene rings is 1. The standard InChI is InChI=1S/C19H16N6O/c1-12-23-16(17-18(20)22-10-11-25(12)17)13-5-7-14(8-6-13)19(26)24-15-4-2-3-9-21-15/h2-11H,1H3,(H2,20,22)(H,21,24,26). The molecule has 0 fully saturated rings. The van der Waals surface area contributed by atoms with Gasteiger partial charge in [-0.2, -0.15) is 0 Å². The molecule has 26 heavy (non-hydrogen) atoms. The normalized spacial score (nSPS) is 10.8. The van der Waals surface area contributed by atoms with Gasteiger partial charge < -0.3 is 11.1 Å². The Hall–Kier alpha value is -3.74. The molecule has 0 aliphatic heterocycles. The Morgan fingerprint density at radius 3 is 2.62 bits per heavy atom. The molecular weight excluding hydrogens is 328 g/mol. The molecule has 1 aromatic carbocycles. The highest BCUT2D eigenvalue weighted by atomic mass is 16.1. The molecule has 0 spiro atoms. The Labute approximate surface area is 149 Å². The predicted molar refractivity (Wildman–Crippen MR) is 99.8 cm³/mol. The van der Waals surface area contributed by atoms with E-state index in [4.69, 9.17) is 5.73 Å². The number of hydrogen-bond donors (Lipinski definition) is 2. The predicted octanol–water partition coefficient (Wildman–Crippen LogP) is 2.93. The topological polar surface area (TPSA) is 98.2 Å². The van der Waals surface area contributed by atoms with Crippen molar-refractivity contribution in [2.45, 2.75) is 6.92 Å². The van der Waals surface area contributed by atoms with Gasteiger partial charge in [-0.15, -0.1) is 0 Å². The number of hydrogen-bond acceptors (Lipinski definition) is 5. The molecule has 0 atom stereocenters. The molecule has 0 aliphatic rings. The lowest BCUT2D eigenvalue weighted by Crippen LogP contribution is -2.12. The van der Waals surface area contributed by atoms with E-state index in [9.17, 15) is 4.79 Å². The maximum atomic E-state index is 12.3. The van der Waals surface area contributed by atoms with Crippen LogP contribution in [0.3, 0.4) is 0 Å². The molecule has 0 saturated heterocycles. The first-order valence-corrected chi connectivity index (χ1v) is 8.05. The number of amides is 1. The van der Waals surface area contributed by atoms with Crippen LogP contribution in [0, 0.1) is 6.92 Å². The van der Waals surface area contributed by atoms with Crippen LogP contribution >= 0.6 is 0 Å². The van der Waals surface area contributed by atoms with Crippen molar-refractivity contribution in [2.24, 2.45) is 0 Å². The minimum absolute atomic E-state index is 0.220. The van der Waals surface area contributed by atoms with Crippen LogP contribution in [0.2, 0.25) is 0 Å². The van der Waals surface area contributed by atoms with Crippen molar-refractivity contribution >= 4 is 23.1 Å². The number of rotatable bonds is 3. The van der Waals surface area contributed by atoms with Gasteiger partial charge in [0.2, 0.25) is 0 Å². The summed E-state index contributed by atoms with van der Waals surface area (Å²) < 4.78 is 1.90. The summed E-state index contributed by atoms with van der Waals surface area (Å²) in [5.41, 5.74) is 8.93. The molecule has 0 unspecified atom stereocenters. The van der Waals surface area contributed by atoms with Crippen molar-refractivity contribution in [2.75, 3.05) is 11.1 Å². The Morgan fingerprint density at radius 2 is 1.88 bits per heavy atom. The fourth-order valence-electron chi connectivity index (χ4n) is 2.82. The van der Waals surface area contributed by atoms with E-state index in [1.165, 1.54) is 0 Å². The van der Waals surface area contributed by atoms with E-state index in [2.05, 4.69) is 20.3 Å². The highest BCUT2D eigenvalue weighted by molar-refractivity contribution is 6.04. The zero-order chi connectivity index (χ0) is 18.1. The van der Waals surface area contributed by atoms with Crippen LogP contribution in [0.15, 0.2) is 61.1 Å². The molecular formula is C19H16N6O. The van der Waals surface area contributed by atoms with Gasteiger partial charge in [-0.05, 0) is 31.2 Å². The molecule has 0 aliphatic carbocycles. The molecule has 3 N–H and O–H groups in total. The lowest BCUT2D eigenvalue weighted by molar-refractivity contribution is 0.102. The molecule has 0 bridgehead atoms. The van der Waals surface area contributed by atoms with Gasteiger partial charge in [0.1, 0.15) is 28.7 Å². The van der Waals surface area contributed by atoms with Gasteiger partial charge in [0.15, 0.2) is 0 Å². The maximum Gasteiger partial charge on any atom is 0.256 e. The van der Waals surface area contributed by atoms with Crippen LogP contribution in [0.5, 0.6) is 0 Å². The molecule has 0 saturated carbocycles. The van der Waals surface area contributed by atoms with E-state index in [0.29, 0.717) is 17.2 Å². The number of aryl methyl sites for hydroxylation is 1. The molecule has 3 aromatic heterocycles. The fourth-order valence-corrected chi connectivity index (χ4v) is 2.82. The van der Waals surface area contributed by atoms with Crippen molar-refractivity contribution in [3.05, 3.63) is 72.4 Å². The van der Waals surface area contributed by atoms with Gasteiger partial charge in [-0.1, -0.05) is 18.2 Å². The molecule has 4 aromatic rings. The van der Waals surface area contributed by atoms with Crippen LogP contribution in [0.25, 0.3) is 16.8 Å². The molecule has 4 rings (SSSR count). The van der Waals surface area contributed by atoms with Crippen LogP contribution in [-0.4, -0.2) is 25.3 Å². The number of carbonyl (C=O) groups excluding carboxylic acids is 1. The SMILES string of the molecule is Cc1nc(-c2ccc(C(=O)Nc3ccccn3)cc2)c2c(N)nccn12. The number of aromatic nitrogens is 4. The average molecular weight is 344 g/mol. The summed E-state index contributed by atoms with van der Waals surface area (Å²) in [6, 6.07) is 12.5. The number of nitrogen functional groups attached to an aromatic ring is 1. The second kappa shape index (κ2) is 6.29. The van der Waals surface area contributed by atoms with Gasteiger partial charge in [0.25, 0.3) is 5.91 Å². The number of carbonyl (C=O) groups is 1. The summed E-state index contributed by atoms with van der Waals surface area (Å²) in [5.74, 6) is 1.53. The number of nitrogens with zero attached hydrogens (tertiary/aromatic N) is 4. The monoisotopic (exact) mass is 344 g/mol. The number of imidazole rings is 1. The third-order valence-corrected chi connectivity index (χ3v) is 4.09. The van der Waals surface area contributed by atoms with Gasteiger partial charge in [-0.3, -0.25) is 9.20 Å². The summed E-state index contributed by atoms with van der Waals surface area (Å²) in [6.07, 6.45) is 5.10. The van der Waals surface area contributed by atoms with E-state index in [0.717, 1.165) is 22.6 Å². The average Bonchev–Trinajstić information content (AvgIpc) is 3.01. The van der Waals surface area contributed by atoms with Gasteiger partial charge >= 0.3 is 0 Å². The number of pyridine rings is 1. The van der Waals surface area contributed by atoms with Gasteiger partial charge in [0.05, 0.1) is 0 Å². The molecule has 7 nitrogen and oxygen atoms in total. The second-order valence-corrected chi connectivity index (χ2v) is 5.79. The van der Waals surface area contributed by atoms with E-state index in [-0.39, 0.29) is 5.91 Å². The number of anilines is 2. The van der Waals surface area contributed by atoms with Crippen LogP contribution < -0.4 is 11.1 Å². The smallest absolute Gasteiger partial charge is 0.256 e. The summed E-state index contributed by atoms with van der Waals surface area (Å²) >= 11 is 0. The van der Waals surface area contributed by atoms with Crippen molar-refractivity contribution in [1.82, 2.24) is 19.4 Å². The first-order chi connectivity index (χ1) is 12.6. The lowest BCUT2D eigenvalue weighted by atomic mass is 10.1. The van der Waals surface area contributed by atoms with Crippen molar-refractivity contribution in [1.29, 1.82) is 0 Å².